The van der Waals surface area contributed by atoms with Crippen molar-refractivity contribution in [3.8, 4) is 0 Å². The van der Waals surface area contributed by atoms with Crippen LogP contribution in [0.15, 0.2) is 6.33 Å². The lowest BCUT2D eigenvalue weighted by atomic mass is 10.0. The van der Waals surface area contributed by atoms with Gasteiger partial charge in [-0.2, -0.15) is 5.10 Å². The molecule has 17 heavy (non-hydrogen) atoms. The topological polar surface area (TPSA) is 42.7 Å². The molecular formula is C13H26N4. The molecule has 0 amide bonds. The Balaban J connectivity index is 2.56. The predicted octanol–water partition coefficient (Wildman–Crippen LogP) is 2.11. The summed E-state index contributed by atoms with van der Waals surface area (Å²) >= 11 is 0. The molecule has 1 aromatic heterocycles. The average molecular weight is 238 g/mol. The highest BCUT2D eigenvalue weighted by molar-refractivity contribution is 4.88. The summed E-state index contributed by atoms with van der Waals surface area (Å²) < 4.78 is 2.05. The zero-order valence-electron chi connectivity index (χ0n) is 11.6. The number of rotatable bonds is 8. The lowest BCUT2D eigenvalue weighted by Gasteiger charge is -2.15. The Morgan fingerprint density at radius 3 is 2.71 bits per heavy atom. The maximum absolute atomic E-state index is 4.39. The molecule has 1 N–H and O–H groups in total. The third-order valence-electron chi connectivity index (χ3n) is 2.97. The molecule has 1 atom stereocenters. The van der Waals surface area contributed by atoms with E-state index in [1.54, 1.807) is 6.33 Å². The fourth-order valence-corrected chi connectivity index (χ4v) is 1.91. The van der Waals surface area contributed by atoms with Crippen LogP contribution in [-0.4, -0.2) is 27.9 Å². The molecule has 1 aromatic rings. The molecule has 0 aromatic carbocycles. The Hall–Kier alpha value is -0.900. The lowest BCUT2D eigenvalue weighted by molar-refractivity contribution is 0.418. The summed E-state index contributed by atoms with van der Waals surface area (Å²) in [5.41, 5.74) is 0. The molecule has 1 unspecified atom stereocenters. The molecule has 0 aliphatic carbocycles. The first-order chi connectivity index (χ1) is 8.17. The number of nitrogens with one attached hydrogen (secondary N) is 1. The predicted molar refractivity (Wildman–Crippen MR) is 70.9 cm³/mol. The molecule has 0 spiro atoms. The van der Waals surface area contributed by atoms with Gasteiger partial charge in [-0.15, -0.1) is 0 Å². The molecule has 0 saturated carbocycles. The van der Waals surface area contributed by atoms with Gasteiger partial charge >= 0.3 is 0 Å². The van der Waals surface area contributed by atoms with Crippen molar-refractivity contribution in [1.82, 2.24) is 20.1 Å². The molecule has 4 nitrogen and oxygen atoms in total. The third kappa shape index (κ3) is 4.86. The Morgan fingerprint density at radius 2 is 2.12 bits per heavy atom. The lowest BCUT2D eigenvalue weighted by Crippen LogP contribution is -2.25. The summed E-state index contributed by atoms with van der Waals surface area (Å²) in [6.45, 7) is 11.9. The van der Waals surface area contributed by atoms with Crippen LogP contribution in [0.2, 0.25) is 0 Å². The Bertz CT molecular complexity index is 306. The van der Waals surface area contributed by atoms with Crippen LogP contribution in [-0.2, 0) is 13.0 Å². The van der Waals surface area contributed by atoms with Crippen molar-refractivity contribution < 1.29 is 0 Å². The first-order valence-electron chi connectivity index (χ1n) is 6.74. The van der Waals surface area contributed by atoms with Crippen LogP contribution in [0.1, 0.15) is 39.9 Å². The van der Waals surface area contributed by atoms with E-state index in [0.29, 0.717) is 11.8 Å². The van der Waals surface area contributed by atoms with Gasteiger partial charge in [0.2, 0.25) is 0 Å². The van der Waals surface area contributed by atoms with Gasteiger partial charge in [-0.05, 0) is 24.9 Å². The van der Waals surface area contributed by atoms with Crippen molar-refractivity contribution in [3.63, 3.8) is 0 Å². The van der Waals surface area contributed by atoms with Gasteiger partial charge < -0.3 is 5.32 Å². The second-order valence-electron chi connectivity index (χ2n) is 5.04. The maximum Gasteiger partial charge on any atom is 0.138 e. The third-order valence-corrected chi connectivity index (χ3v) is 2.97. The van der Waals surface area contributed by atoms with Crippen LogP contribution >= 0.6 is 0 Å². The molecule has 0 radical (unpaired) electrons. The number of hydrogen-bond acceptors (Lipinski definition) is 3. The van der Waals surface area contributed by atoms with E-state index in [2.05, 4.69) is 47.8 Å². The first kappa shape index (κ1) is 14.2. The second-order valence-corrected chi connectivity index (χ2v) is 5.04. The number of aromatic nitrogens is 3. The van der Waals surface area contributed by atoms with Gasteiger partial charge in [-0.3, -0.25) is 0 Å². The molecule has 98 valence electrons. The Morgan fingerprint density at radius 1 is 1.35 bits per heavy atom. The summed E-state index contributed by atoms with van der Waals surface area (Å²) in [5, 5.41) is 7.72. The van der Waals surface area contributed by atoms with Crippen molar-refractivity contribution in [1.29, 1.82) is 0 Å². The molecule has 0 aliphatic heterocycles. The van der Waals surface area contributed by atoms with E-state index < -0.39 is 0 Å². The highest BCUT2D eigenvalue weighted by Gasteiger charge is 2.12. The van der Waals surface area contributed by atoms with E-state index in [9.17, 15) is 0 Å². The van der Waals surface area contributed by atoms with Crippen LogP contribution < -0.4 is 5.32 Å². The van der Waals surface area contributed by atoms with Crippen LogP contribution in [0.5, 0.6) is 0 Å². The van der Waals surface area contributed by atoms with Crippen molar-refractivity contribution in [2.75, 3.05) is 13.1 Å². The minimum Gasteiger partial charge on any atom is -0.317 e. The van der Waals surface area contributed by atoms with E-state index in [1.165, 1.54) is 6.42 Å². The van der Waals surface area contributed by atoms with E-state index >= 15 is 0 Å². The maximum atomic E-state index is 4.39. The molecule has 0 saturated heterocycles. The summed E-state index contributed by atoms with van der Waals surface area (Å²) in [6.07, 6.45) is 3.88. The van der Waals surface area contributed by atoms with Crippen molar-refractivity contribution in [3.05, 3.63) is 12.2 Å². The fourth-order valence-electron chi connectivity index (χ4n) is 1.91. The molecule has 0 bridgehead atoms. The smallest absolute Gasteiger partial charge is 0.138 e. The Kier molecular flexibility index (Phi) is 6.19. The monoisotopic (exact) mass is 238 g/mol. The molecular weight excluding hydrogens is 212 g/mol. The normalized spacial score (nSPS) is 13.2. The van der Waals surface area contributed by atoms with E-state index in [4.69, 9.17) is 0 Å². The van der Waals surface area contributed by atoms with Crippen LogP contribution in [0.25, 0.3) is 0 Å². The SMILES string of the molecule is CCNCC(CC)Cc1ncnn1CC(C)C. The highest BCUT2D eigenvalue weighted by atomic mass is 15.3. The minimum atomic E-state index is 0.615. The summed E-state index contributed by atoms with van der Waals surface area (Å²) in [5.74, 6) is 2.40. The quantitative estimate of drug-likeness (QED) is 0.754. The van der Waals surface area contributed by atoms with Gasteiger partial charge in [-0.1, -0.05) is 34.1 Å². The van der Waals surface area contributed by atoms with Crippen LogP contribution in [0.3, 0.4) is 0 Å². The van der Waals surface area contributed by atoms with E-state index in [1.807, 2.05) is 0 Å². The van der Waals surface area contributed by atoms with Crippen molar-refractivity contribution >= 4 is 0 Å². The first-order valence-corrected chi connectivity index (χ1v) is 6.74. The van der Waals surface area contributed by atoms with Gasteiger partial charge in [0.15, 0.2) is 0 Å². The van der Waals surface area contributed by atoms with Crippen molar-refractivity contribution in [2.45, 2.75) is 47.1 Å². The van der Waals surface area contributed by atoms with Gasteiger partial charge in [0, 0.05) is 13.0 Å². The molecule has 4 heteroatoms. The number of hydrogen-bond donors (Lipinski definition) is 1. The largest absolute Gasteiger partial charge is 0.317 e. The molecule has 0 aliphatic rings. The van der Waals surface area contributed by atoms with Gasteiger partial charge in [0.1, 0.15) is 12.2 Å². The minimum absolute atomic E-state index is 0.615. The van der Waals surface area contributed by atoms with E-state index in [0.717, 1.165) is 31.9 Å². The number of nitrogens with zero attached hydrogens (tertiary/aromatic N) is 3. The zero-order valence-corrected chi connectivity index (χ0v) is 11.6. The summed E-state index contributed by atoms with van der Waals surface area (Å²) in [7, 11) is 0. The summed E-state index contributed by atoms with van der Waals surface area (Å²) in [6, 6.07) is 0. The molecule has 1 rings (SSSR count). The standard InChI is InChI=1S/C13H26N4/c1-5-12(8-14-6-2)7-13-15-10-16-17(13)9-11(3)4/h10-12,14H,5-9H2,1-4H3. The average Bonchev–Trinajstić information content (AvgIpc) is 2.70. The van der Waals surface area contributed by atoms with Crippen LogP contribution in [0.4, 0.5) is 0 Å². The Labute approximate surface area is 105 Å². The zero-order chi connectivity index (χ0) is 12.7. The molecule has 0 fully saturated rings. The second kappa shape index (κ2) is 7.43. The van der Waals surface area contributed by atoms with Gasteiger partial charge in [0.25, 0.3) is 0 Å². The van der Waals surface area contributed by atoms with E-state index in [-0.39, 0.29) is 0 Å². The molecule has 1 heterocycles. The van der Waals surface area contributed by atoms with Gasteiger partial charge in [-0.25, -0.2) is 9.67 Å². The summed E-state index contributed by atoms with van der Waals surface area (Å²) in [4.78, 5) is 4.39. The fraction of sp³-hybridized carbons (Fsp3) is 0.846. The van der Waals surface area contributed by atoms with Crippen LogP contribution in [0, 0.1) is 11.8 Å². The van der Waals surface area contributed by atoms with Crippen molar-refractivity contribution in [2.24, 2.45) is 11.8 Å². The highest BCUT2D eigenvalue weighted by Crippen LogP contribution is 2.10. The van der Waals surface area contributed by atoms with Gasteiger partial charge in [0.05, 0.1) is 0 Å².